The Balaban J connectivity index is 1.41. The Kier molecular flexibility index (Phi) is 6.42. The summed E-state index contributed by atoms with van der Waals surface area (Å²) in [5.74, 6) is -0.373. The molecule has 0 saturated carbocycles. The molecule has 206 valence electrons. The second-order valence-corrected chi connectivity index (χ2v) is 10.6. The molecule has 2 aromatic heterocycles. The van der Waals surface area contributed by atoms with Crippen LogP contribution in [0.1, 0.15) is 35.6 Å². The van der Waals surface area contributed by atoms with E-state index in [0.717, 1.165) is 5.56 Å². The van der Waals surface area contributed by atoms with E-state index in [0.29, 0.717) is 50.5 Å². The third-order valence-electron chi connectivity index (χ3n) is 7.52. The van der Waals surface area contributed by atoms with Gasteiger partial charge in [-0.1, -0.05) is 54.1 Å². The summed E-state index contributed by atoms with van der Waals surface area (Å²) in [4.78, 5) is 33.8. The predicted octanol–water partition coefficient (Wildman–Crippen LogP) is 4.59. The minimum Gasteiger partial charge on any atom is -0.383 e. The average Bonchev–Trinajstić information content (AvgIpc) is 3.43. The summed E-state index contributed by atoms with van der Waals surface area (Å²) in [7, 11) is 0. The summed E-state index contributed by atoms with van der Waals surface area (Å²) in [5, 5.41) is 8.78. The van der Waals surface area contributed by atoms with Crippen LogP contribution in [0.2, 0.25) is 5.02 Å². The van der Waals surface area contributed by atoms with Crippen molar-refractivity contribution in [3.8, 4) is 11.5 Å². The van der Waals surface area contributed by atoms with Gasteiger partial charge in [-0.15, -0.1) is 0 Å². The number of rotatable bonds is 7. The van der Waals surface area contributed by atoms with Crippen LogP contribution >= 0.6 is 11.6 Å². The average molecular weight is 570 g/mol. The van der Waals surface area contributed by atoms with Crippen LogP contribution in [0.25, 0.3) is 22.4 Å². The van der Waals surface area contributed by atoms with Crippen LogP contribution < -0.4 is 16.8 Å². The third-order valence-corrected chi connectivity index (χ3v) is 7.75. The van der Waals surface area contributed by atoms with Gasteiger partial charge in [-0.2, -0.15) is 5.10 Å². The first-order valence-corrected chi connectivity index (χ1v) is 13.3. The van der Waals surface area contributed by atoms with Crippen LogP contribution in [0.4, 0.5) is 16.0 Å². The standard InChI is InChI=1S/C30H25ClFN7O2/c1-30(18-9-6-16(7-10-18)8-13-23(33)40)24-26(34)35-28(36-27(24)37-29(30)41)25-20-12-11-19(31)14-22(20)39(38-25)15-17-4-2-3-5-21(17)32/h2-7,9-12,14H,8,13,15H2,1H3,(H2,33,40)(H3,34,35,36,37,41)/t30-/m0/s1. The number of aryl methyl sites for hydroxylation is 1. The summed E-state index contributed by atoms with van der Waals surface area (Å²) in [6, 6.07) is 19.1. The fourth-order valence-electron chi connectivity index (χ4n) is 5.28. The molecule has 2 amide bonds. The number of nitrogen functional groups attached to an aromatic ring is 1. The van der Waals surface area contributed by atoms with Crippen molar-refractivity contribution in [1.82, 2.24) is 19.7 Å². The molecule has 0 aliphatic carbocycles. The van der Waals surface area contributed by atoms with Crippen LogP contribution in [-0.2, 0) is 28.0 Å². The van der Waals surface area contributed by atoms with E-state index in [2.05, 4.69) is 15.3 Å². The quantitative estimate of drug-likeness (QED) is 0.262. The lowest BCUT2D eigenvalue weighted by Crippen LogP contribution is -2.33. The van der Waals surface area contributed by atoms with Gasteiger partial charge in [-0.05, 0) is 48.7 Å². The molecule has 5 aromatic rings. The number of primary amides is 1. The predicted molar refractivity (Wildman–Crippen MR) is 155 cm³/mol. The Bertz CT molecular complexity index is 1850. The fraction of sp³-hybridized carbons (Fsp3) is 0.167. The Hall–Kier alpha value is -4.83. The first kappa shape index (κ1) is 26.4. The number of amides is 2. The first-order chi connectivity index (χ1) is 19.6. The highest BCUT2D eigenvalue weighted by atomic mass is 35.5. The topological polar surface area (TPSA) is 142 Å². The molecule has 0 fully saturated rings. The summed E-state index contributed by atoms with van der Waals surface area (Å²) in [5.41, 5.74) is 14.3. The summed E-state index contributed by atoms with van der Waals surface area (Å²) in [6.45, 7) is 1.93. The number of aromatic nitrogens is 4. The maximum Gasteiger partial charge on any atom is 0.240 e. The lowest BCUT2D eigenvalue weighted by Gasteiger charge is -2.23. The minimum absolute atomic E-state index is 0.134. The van der Waals surface area contributed by atoms with Gasteiger partial charge >= 0.3 is 0 Å². The van der Waals surface area contributed by atoms with Crippen molar-refractivity contribution in [2.45, 2.75) is 31.7 Å². The number of benzene rings is 3. The Morgan fingerprint density at radius 2 is 1.85 bits per heavy atom. The van der Waals surface area contributed by atoms with Gasteiger partial charge in [0, 0.05) is 22.4 Å². The maximum atomic E-state index is 14.5. The van der Waals surface area contributed by atoms with Crippen LogP contribution in [-0.4, -0.2) is 31.6 Å². The molecule has 1 atom stereocenters. The van der Waals surface area contributed by atoms with Crippen molar-refractivity contribution >= 4 is 46.0 Å². The first-order valence-electron chi connectivity index (χ1n) is 12.9. The van der Waals surface area contributed by atoms with E-state index < -0.39 is 5.41 Å². The second-order valence-electron chi connectivity index (χ2n) is 10.2. The summed E-state index contributed by atoms with van der Waals surface area (Å²) >= 11 is 6.29. The zero-order valence-corrected chi connectivity index (χ0v) is 22.7. The molecule has 0 spiro atoms. The summed E-state index contributed by atoms with van der Waals surface area (Å²) < 4.78 is 16.1. The van der Waals surface area contributed by atoms with Gasteiger partial charge in [0.1, 0.15) is 28.6 Å². The van der Waals surface area contributed by atoms with E-state index >= 15 is 0 Å². The van der Waals surface area contributed by atoms with Crippen LogP contribution in [0.5, 0.6) is 0 Å². The van der Waals surface area contributed by atoms with Gasteiger partial charge in [0.2, 0.25) is 11.8 Å². The molecule has 0 radical (unpaired) electrons. The molecule has 0 unspecified atom stereocenters. The molecule has 3 aromatic carbocycles. The van der Waals surface area contributed by atoms with Crippen LogP contribution in [0, 0.1) is 5.82 Å². The molecule has 9 nitrogen and oxygen atoms in total. The van der Waals surface area contributed by atoms with Gasteiger partial charge in [0.15, 0.2) is 5.82 Å². The van der Waals surface area contributed by atoms with Crippen molar-refractivity contribution in [3.63, 3.8) is 0 Å². The second kappa shape index (κ2) is 9.97. The number of nitrogens with zero attached hydrogens (tertiary/aromatic N) is 4. The van der Waals surface area contributed by atoms with Gasteiger partial charge in [-0.25, -0.2) is 14.4 Å². The van der Waals surface area contributed by atoms with Gasteiger partial charge < -0.3 is 16.8 Å². The number of nitrogens with one attached hydrogen (secondary N) is 1. The number of nitrogens with two attached hydrogens (primary N) is 2. The van der Waals surface area contributed by atoms with Crippen molar-refractivity contribution in [1.29, 1.82) is 0 Å². The zero-order chi connectivity index (χ0) is 28.9. The molecular weight excluding hydrogens is 545 g/mol. The van der Waals surface area contributed by atoms with Crippen molar-refractivity contribution in [3.05, 3.63) is 99.8 Å². The third kappa shape index (κ3) is 4.55. The molecule has 5 N–H and O–H groups in total. The van der Waals surface area contributed by atoms with Crippen molar-refractivity contribution in [2.75, 3.05) is 11.1 Å². The van der Waals surface area contributed by atoms with E-state index in [4.69, 9.17) is 28.2 Å². The number of carbonyl (C=O) groups excluding carboxylic acids is 2. The molecule has 6 rings (SSSR count). The molecule has 41 heavy (non-hydrogen) atoms. The van der Waals surface area contributed by atoms with Crippen LogP contribution in [0.15, 0.2) is 66.7 Å². The molecule has 3 heterocycles. The smallest absolute Gasteiger partial charge is 0.240 e. The highest BCUT2D eigenvalue weighted by molar-refractivity contribution is 6.31. The van der Waals surface area contributed by atoms with Gasteiger partial charge in [0.25, 0.3) is 0 Å². The number of anilines is 2. The van der Waals surface area contributed by atoms with Gasteiger partial charge in [0.05, 0.1) is 17.6 Å². The van der Waals surface area contributed by atoms with E-state index in [1.165, 1.54) is 6.07 Å². The molecule has 11 heteroatoms. The molecule has 1 aliphatic heterocycles. The lowest BCUT2D eigenvalue weighted by molar-refractivity contribution is -0.119. The molecule has 0 saturated heterocycles. The Labute approximate surface area is 239 Å². The van der Waals surface area contributed by atoms with E-state index in [-0.39, 0.29) is 42.2 Å². The van der Waals surface area contributed by atoms with Crippen molar-refractivity contribution in [2.24, 2.45) is 5.73 Å². The molecular formula is C30H25ClFN7O2. The largest absolute Gasteiger partial charge is 0.383 e. The number of carbonyl (C=O) groups is 2. The minimum atomic E-state index is -1.14. The Morgan fingerprint density at radius 1 is 1.10 bits per heavy atom. The highest BCUT2D eigenvalue weighted by Crippen LogP contribution is 2.45. The van der Waals surface area contributed by atoms with Gasteiger partial charge in [-0.3, -0.25) is 14.3 Å². The SMILES string of the molecule is C[C@@]1(c2ccc(CCC(N)=O)cc2)C(=O)Nc2nc(-c3nn(Cc4ccccc4F)c4cc(Cl)ccc34)nc(N)c21. The fourth-order valence-corrected chi connectivity index (χ4v) is 5.45. The van der Waals surface area contributed by atoms with Crippen molar-refractivity contribution < 1.29 is 14.0 Å². The monoisotopic (exact) mass is 569 g/mol. The number of hydrogen-bond donors (Lipinski definition) is 3. The normalized spacial score (nSPS) is 16.1. The van der Waals surface area contributed by atoms with Crippen LogP contribution in [0.3, 0.4) is 0 Å². The van der Waals surface area contributed by atoms with E-state index in [9.17, 15) is 14.0 Å². The van der Waals surface area contributed by atoms with E-state index in [1.54, 1.807) is 48.0 Å². The Morgan fingerprint density at radius 3 is 2.59 bits per heavy atom. The maximum absolute atomic E-state index is 14.5. The molecule has 0 bridgehead atoms. The number of halogens is 2. The number of fused-ring (bicyclic) bond motifs is 2. The number of hydrogen-bond acceptors (Lipinski definition) is 6. The lowest BCUT2D eigenvalue weighted by atomic mass is 9.77. The highest BCUT2D eigenvalue weighted by Gasteiger charge is 2.47. The zero-order valence-electron chi connectivity index (χ0n) is 22.0. The summed E-state index contributed by atoms with van der Waals surface area (Å²) in [6.07, 6.45) is 0.743. The molecule has 1 aliphatic rings. The van der Waals surface area contributed by atoms with E-state index in [1.807, 2.05) is 24.3 Å².